The van der Waals surface area contributed by atoms with Crippen molar-refractivity contribution in [1.82, 2.24) is 20.0 Å². The first-order chi connectivity index (χ1) is 22.9. The van der Waals surface area contributed by atoms with E-state index in [2.05, 4.69) is 111 Å². The third kappa shape index (κ3) is 14.8. The predicted octanol–water partition coefficient (Wildman–Crippen LogP) is 11.8. The number of H-pyrrole nitrogens is 1. The van der Waals surface area contributed by atoms with Crippen molar-refractivity contribution in [1.29, 1.82) is 0 Å². The molecule has 6 nitrogen and oxygen atoms in total. The highest BCUT2D eigenvalue weighted by Gasteiger charge is 2.11. The molecular formula is C41H58ClN5O. The Morgan fingerprint density at radius 3 is 2.33 bits per heavy atom. The third-order valence-corrected chi connectivity index (χ3v) is 8.22. The van der Waals surface area contributed by atoms with Crippen LogP contribution in [0.4, 0.5) is 0 Å². The highest BCUT2D eigenvalue weighted by molar-refractivity contribution is 6.36. The molecule has 0 saturated carbocycles. The van der Waals surface area contributed by atoms with Crippen LogP contribution in [0.2, 0.25) is 5.02 Å². The molecule has 0 saturated heterocycles. The van der Waals surface area contributed by atoms with Crippen LogP contribution in [0.25, 0.3) is 10.9 Å². The molecule has 1 unspecified atom stereocenters. The molecule has 260 valence electrons. The van der Waals surface area contributed by atoms with Crippen molar-refractivity contribution in [2.75, 3.05) is 7.05 Å². The molecule has 0 amide bonds. The first-order valence-corrected chi connectivity index (χ1v) is 17.4. The van der Waals surface area contributed by atoms with Crippen molar-refractivity contribution in [2.24, 2.45) is 12.0 Å². The van der Waals surface area contributed by atoms with Gasteiger partial charge in [0.25, 0.3) is 0 Å². The molecule has 0 aliphatic rings. The second-order valence-electron chi connectivity index (χ2n) is 11.9. The van der Waals surface area contributed by atoms with Crippen LogP contribution in [0.5, 0.6) is 0 Å². The smallest absolute Gasteiger partial charge is 0.165 e. The van der Waals surface area contributed by atoms with Crippen LogP contribution in [0.3, 0.4) is 0 Å². The van der Waals surface area contributed by atoms with E-state index in [0.717, 1.165) is 34.5 Å². The van der Waals surface area contributed by atoms with Crippen molar-refractivity contribution in [3.8, 4) is 0 Å². The van der Waals surface area contributed by atoms with Crippen LogP contribution in [0.15, 0.2) is 95.4 Å². The molecule has 4 aromatic rings. The van der Waals surface area contributed by atoms with Gasteiger partial charge < -0.3 is 0 Å². The van der Waals surface area contributed by atoms with Gasteiger partial charge in [-0.3, -0.25) is 19.6 Å². The number of ketones is 1. The fraction of sp³-hybridized carbons (Fsp3) is 0.415. The van der Waals surface area contributed by atoms with E-state index in [1.165, 1.54) is 40.7 Å². The minimum atomic E-state index is 0.146. The summed E-state index contributed by atoms with van der Waals surface area (Å²) in [5.41, 5.74) is 9.36. The van der Waals surface area contributed by atoms with E-state index in [1.807, 2.05) is 39.1 Å². The van der Waals surface area contributed by atoms with E-state index >= 15 is 0 Å². The van der Waals surface area contributed by atoms with Crippen molar-refractivity contribution in [3.05, 3.63) is 118 Å². The van der Waals surface area contributed by atoms with Gasteiger partial charge in [0.1, 0.15) is 0 Å². The summed E-state index contributed by atoms with van der Waals surface area (Å²) >= 11 is 6.30. The number of carbonyl (C=O) groups excluding carboxylic acids is 1. The number of aliphatic imine (C=N–C) groups is 1. The van der Waals surface area contributed by atoms with Crippen molar-refractivity contribution in [3.63, 3.8) is 0 Å². The summed E-state index contributed by atoms with van der Waals surface area (Å²) in [7, 11) is 3.62. The average Bonchev–Trinajstić information content (AvgIpc) is 3.75. The molecule has 2 heterocycles. The Balaban J connectivity index is 0.000000323. The van der Waals surface area contributed by atoms with Gasteiger partial charge in [0.2, 0.25) is 0 Å². The zero-order valence-electron chi connectivity index (χ0n) is 31.2. The lowest BCUT2D eigenvalue weighted by Gasteiger charge is -2.11. The number of halogens is 1. The number of allylic oxidation sites excluding steroid dienone is 6. The molecule has 0 aliphatic heterocycles. The quantitative estimate of drug-likeness (QED) is 0.103. The highest BCUT2D eigenvalue weighted by atomic mass is 35.5. The van der Waals surface area contributed by atoms with Gasteiger partial charge in [-0.15, -0.1) is 0 Å². The maximum absolute atomic E-state index is 11.0. The van der Waals surface area contributed by atoms with E-state index in [0.29, 0.717) is 17.9 Å². The molecule has 0 radical (unpaired) electrons. The number of aromatic amines is 1. The lowest BCUT2D eigenvalue weighted by Crippen LogP contribution is -1.96. The third-order valence-electron chi connectivity index (χ3n) is 7.80. The first kappa shape index (κ1) is 42.0. The number of aryl methyl sites for hydroxylation is 2. The Hall–Kier alpha value is -4.03. The first-order valence-electron chi connectivity index (χ1n) is 17.1. The van der Waals surface area contributed by atoms with E-state index in [4.69, 9.17) is 11.6 Å². The fourth-order valence-electron chi connectivity index (χ4n) is 4.73. The lowest BCUT2D eigenvalue weighted by molar-refractivity contribution is 0.0988. The molecule has 1 N–H and O–H groups in total. The summed E-state index contributed by atoms with van der Waals surface area (Å²) < 4.78 is 1.63. The van der Waals surface area contributed by atoms with Crippen LogP contribution < -0.4 is 0 Å². The monoisotopic (exact) mass is 671 g/mol. The molecule has 4 rings (SSSR count). The number of nitrogens with zero attached hydrogens (tertiary/aromatic N) is 4. The molecular weight excluding hydrogens is 614 g/mol. The van der Waals surface area contributed by atoms with Gasteiger partial charge in [-0.1, -0.05) is 118 Å². The van der Waals surface area contributed by atoms with Gasteiger partial charge in [-0.2, -0.15) is 10.2 Å². The van der Waals surface area contributed by atoms with E-state index in [1.54, 1.807) is 30.3 Å². The predicted molar refractivity (Wildman–Crippen MR) is 209 cm³/mol. The van der Waals surface area contributed by atoms with Gasteiger partial charge in [0, 0.05) is 37.8 Å². The van der Waals surface area contributed by atoms with Crippen LogP contribution >= 0.6 is 11.6 Å². The number of hydrogen-bond acceptors (Lipinski definition) is 4. The molecule has 1 atom stereocenters. The zero-order valence-corrected chi connectivity index (χ0v) is 31.9. The molecule has 0 aliphatic carbocycles. The maximum Gasteiger partial charge on any atom is 0.165 e. The standard InChI is InChI=1S/C13H22.C11H13ClN2.C10H13N.C7H10N2O/c1-5-7-8-10-13(4)11-12(3)9-6-2;1-3-7(2)8-4-5-10-9(11(8)12)6-13-14-10;1-8-6-4-5-7-10(8)9(2)11-3;1-3-7(10)6-4-8-9(2)5-6/h7-8,10-11H,5-6,9H2,1-4H3;4-7H,3H2,1-2H3,(H,13,14);4-7H,1-3H3;4-5H,3H2,1-2H3/b8-7-,12-11+,13-10-;;;. The average molecular weight is 672 g/mol. The van der Waals surface area contributed by atoms with E-state index in [9.17, 15) is 4.79 Å². The van der Waals surface area contributed by atoms with Crippen LogP contribution in [-0.4, -0.2) is 38.5 Å². The summed E-state index contributed by atoms with van der Waals surface area (Å²) in [6, 6.07) is 12.4. The molecule has 7 heteroatoms. The number of Topliss-reactive ketones (excluding diaryl/α,β-unsaturated/α-hetero) is 1. The minimum absolute atomic E-state index is 0.146. The van der Waals surface area contributed by atoms with Gasteiger partial charge in [-0.25, -0.2) is 0 Å². The Labute approximate surface area is 295 Å². The van der Waals surface area contributed by atoms with Crippen molar-refractivity contribution >= 4 is 34.0 Å². The Kier molecular flexibility index (Phi) is 20.4. The molecule has 2 aromatic carbocycles. The molecule has 48 heavy (non-hydrogen) atoms. The maximum atomic E-state index is 11.0. The number of aromatic nitrogens is 4. The number of carbonyl (C=O) groups is 1. The summed E-state index contributed by atoms with van der Waals surface area (Å²) in [6.07, 6.45) is 19.0. The number of rotatable bonds is 10. The number of benzene rings is 2. The summed E-state index contributed by atoms with van der Waals surface area (Å²) in [5, 5.41) is 12.6. The Morgan fingerprint density at radius 1 is 1.06 bits per heavy atom. The summed E-state index contributed by atoms with van der Waals surface area (Å²) in [4.78, 5) is 15.1. The SMILES string of the molecule is CCC(=O)c1cnn(C)c1.CCC(C)c1ccc2[nH]ncc2c1Cl.CC\C=C/C=C(C)\C=C(/C)CCC.CN=C(C)c1ccccc1C. The van der Waals surface area contributed by atoms with Gasteiger partial charge in [0.05, 0.1) is 28.5 Å². The fourth-order valence-corrected chi connectivity index (χ4v) is 5.13. The van der Waals surface area contributed by atoms with Gasteiger partial charge in [-0.05, 0) is 75.6 Å². The topological polar surface area (TPSA) is 75.9 Å². The molecule has 0 bridgehead atoms. The lowest BCUT2D eigenvalue weighted by atomic mass is 9.97. The van der Waals surface area contributed by atoms with Crippen molar-refractivity contribution in [2.45, 2.75) is 100 Å². The normalized spacial score (nSPS) is 12.5. The Bertz CT molecular complexity index is 1650. The van der Waals surface area contributed by atoms with Crippen LogP contribution in [-0.2, 0) is 7.05 Å². The Morgan fingerprint density at radius 2 is 1.77 bits per heavy atom. The highest BCUT2D eigenvalue weighted by Crippen LogP contribution is 2.32. The van der Waals surface area contributed by atoms with Gasteiger partial charge in [0.15, 0.2) is 5.78 Å². The largest absolute Gasteiger partial charge is 0.294 e. The van der Waals surface area contributed by atoms with Crippen molar-refractivity contribution < 1.29 is 4.79 Å². The summed E-state index contributed by atoms with van der Waals surface area (Å²) in [5.74, 6) is 0.648. The van der Waals surface area contributed by atoms with Crippen LogP contribution in [0.1, 0.15) is 120 Å². The number of nitrogens with one attached hydrogen (secondary N) is 1. The number of hydrogen-bond donors (Lipinski definition) is 1. The van der Waals surface area contributed by atoms with E-state index < -0.39 is 0 Å². The zero-order chi connectivity index (χ0) is 36.1. The summed E-state index contributed by atoms with van der Waals surface area (Å²) in [6.45, 7) is 19.0. The molecule has 0 fully saturated rings. The second-order valence-corrected chi connectivity index (χ2v) is 12.3. The van der Waals surface area contributed by atoms with Gasteiger partial charge >= 0.3 is 0 Å². The molecule has 2 aromatic heterocycles. The van der Waals surface area contributed by atoms with E-state index in [-0.39, 0.29) is 5.78 Å². The van der Waals surface area contributed by atoms with Crippen LogP contribution in [0, 0.1) is 6.92 Å². The minimum Gasteiger partial charge on any atom is -0.294 e. The molecule has 0 spiro atoms. The second kappa shape index (κ2) is 23.3. The number of fused-ring (bicyclic) bond motifs is 1.